The first kappa shape index (κ1) is 92.0. The molecule has 3 fully saturated rings. The van der Waals surface area contributed by atoms with E-state index in [0.29, 0.717) is 6.42 Å². The summed E-state index contributed by atoms with van der Waals surface area (Å²) in [5.74, 6) is -0.270. The smallest absolute Gasteiger partial charge is 0.220 e. The van der Waals surface area contributed by atoms with Gasteiger partial charge in [-0.2, -0.15) is 0 Å². The van der Waals surface area contributed by atoms with Crippen molar-refractivity contribution in [2.45, 2.75) is 433 Å². The van der Waals surface area contributed by atoms with Gasteiger partial charge in [0.15, 0.2) is 18.9 Å². The number of amides is 1. The molecule has 3 saturated heterocycles. The third kappa shape index (κ3) is 41.6. The van der Waals surface area contributed by atoms with Crippen molar-refractivity contribution in [3.8, 4) is 0 Å². The van der Waals surface area contributed by atoms with Crippen molar-refractivity contribution >= 4 is 5.91 Å². The summed E-state index contributed by atoms with van der Waals surface area (Å²) in [4.78, 5) is 13.5. The maximum absolute atomic E-state index is 13.5. The van der Waals surface area contributed by atoms with Crippen molar-refractivity contribution in [1.29, 1.82) is 0 Å². The zero-order valence-electron chi connectivity index (χ0n) is 62.7. The number of aliphatic hydroxyl groups is 11. The normalized spacial score (nSPS) is 26.7. The van der Waals surface area contributed by atoms with Crippen LogP contribution in [0.3, 0.4) is 0 Å². The van der Waals surface area contributed by atoms with Crippen LogP contribution in [0.1, 0.15) is 328 Å². The van der Waals surface area contributed by atoms with Crippen molar-refractivity contribution in [3.05, 3.63) is 48.6 Å². The monoisotopic (exact) mass is 1420 g/mol. The third-order valence-electron chi connectivity index (χ3n) is 20.4. The lowest BCUT2D eigenvalue weighted by Crippen LogP contribution is -2.66. The van der Waals surface area contributed by atoms with Crippen LogP contribution in [0.2, 0.25) is 0 Å². The van der Waals surface area contributed by atoms with Gasteiger partial charge in [-0.3, -0.25) is 4.79 Å². The number of aliphatic hydroxyl groups excluding tert-OH is 11. The predicted octanol–water partition coefficient (Wildman–Crippen LogP) is 13.7. The number of rotatable bonds is 65. The van der Waals surface area contributed by atoms with Crippen LogP contribution in [0.25, 0.3) is 0 Å². The maximum atomic E-state index is 13.5. The number of unbranched alkanes of at least 4 members (excludes halogenated alkanes) is 43. The number of nitrogens with one attached hydrogen (secondary N) is 1. The Morgan fingerprint density at radius 2 is 0.660 bits per heavy atom. The van der Waals surface area contributed by atoms with Crippen molar-refractivity contribution in [2.24, 2.45) is 0 Å². The topological polar surface area (TPSA) is 307 Å². The van der Waals surface area contributed by atoms with Gasteiger partial charge in [-0.25, -0.2) is 0 Å². The molecule has 0 saturated carbocycles. The van der Waals surface area contributed by atoms with Crippen LogP contribution in [0, 0.1) is 0 Å². The van der Waals surface area contributed by atoms with Gasteiger partial charge in [0.1, 0.15) is 73.2 Å². The van der Waals surface area contributed by atoms with E-state index in [9.17, 15) is 61.0 Å². The van der Waals surface area contributed by atoms with Crippen molar-refractivity contribution in [1.82, 2.24) is 5.32 Å². The quantitative estimate of drug-likeness (QED) is 0.0199. The summed E-state index contributed by atoms with van der Waals surface area (Å²) in [6.07, 6.45) is 51.1. The largest absolute Gasteiger partial charge is 0.394 e. The number of allylic oxidation sites excluding steroid dienone is 7. The lowest BCUT2D eigenvalue weighted by atomic mass is 9.96. The van der Waals surface area contributed by atoms with E-state index >= 15 is 0 Å². The molecule has 3 rings (SSSR count). The van der Waals surface area contributed by atoms with Crippen LogP contribution in [0.5, 0.6) is 0 Å². The number of hydrogen-bond acceptors (Lipinski definition) is 18. The molecule has 17 atom stereocenters. The summed E-state index contributed by atoms with van der Waals surface area (Å²) in [6.45, 7) is 1.76. The minimum absolute atomic E-state index is 0.246. The van der Waals surface area contributed by atoms with E-state index in [1.54, 1.807) is 6.08 Å². The van der Waals surface area contributed by atoms with E-state index < -0.39 is 124 Å². The molecule has 3 aliphatic rings. The van der Waals surface area contributed by atoms with Crippen molar-refractivity contribution < 1.29 is 89.4 Å². The van der Waals surface area contributed by atoms with Gasteiger partial charge in [0.05, 0.1) is 38.6 Å². The highest BCUT2D eigenvalue weighted by Crippen LogP contribution is 2.33. The molecule has 0 aliphatic carbocycles. The second-order valence-corrected chi connectivity index (χ2v) is 29.2. The number of hydrogen-bond donors (Lipinski definition) is 12. The summed E-state index contributed by atoms with van der Waals surface area (Å²) in [7, 11) is 0. The van der Waals surface area contributed by atoms with Crippen LogP contribution >= 0.6 is 0 Å². The molecular formula is C81H149NO18. The summed E-state index contributed by atoms with van der Waals surface area (Å²) in [5, 5.41) is 121. The molecule has 0 spiro atoms. The Balaban J connectivity index is 1.32. The van der Waals surface area contributed by atoms with Crippen LogP contribution in [0.4, 0.5) is 0 Å². The van der Waals surface area contributed by atoms with E-state index in [1.807, 2.05) is 6.08 Å². The fraction of sp³-hybridized carbons (Fsp3) is 0.889. The number of carbonyl (C=O) groups is 1. The van der Waals surface area contributed by atoms with Crippen LogP contribution in [-0.2, 0) is 33.2 Å². The summed E-state index contributed by atoms with van der Waals surface area (Å²) < 4.78 is 34.4. The average Bonchev–Trinajstić information content (AvgIpc) is 0.783. The molecule has 3 heterocycles. The zero-order chi connectivity index (χ0) is 72.5. The molecule has 0 aromatic heterocycles. The number of carbonyl (C=O) groups excluding carboxylic acids is 1. The van der Waals surface area contributed by atoms with Crippen molar-refractivity contribution in [3.63, 3.8) is 0 Å². The molecule has 0 bridgehead atoms. The van der Waals surface area contributed by atoms with Gasteiger partial charge in [-0.1, -0.05) is 313 Å². The van der Waals surface area contributed by atoms with Gasteiger partial charge >= 0.3 is 0 Å². The Kier molecular flexibility index (Phi) is 56.9. The Bertz CT molecular complexity index is 1990. The van der Waals surface area contributed by atoms with E-state index in [2.05, 4.69) is 55.6 Å². The second-order valence-electron chi connectivity index (χ2n) is 29.2. The zero-order valence-corrected chi connectivity index (χ0v) is 62.7. The van der Waals surface area contributed by atoms with E-state index in [0.717, 1.165) is 57.8 Å². The molecule has 0 aromatic rings. The van der Waals surface area contributed by atoms with Gasteiger partial charge < -0.3 is 89.9 Å². The molecule has 1 amide bonds. The fourth-order valence-electron chi connectivity index (χ4n) is 13.8. The summed E-state index contributed by atoms with van der Waals surface area (Å²) >= 11 is 0. The summed E-state index contributed by atoms with van der Waals surface area (Å²) in [5.41, 5.74) is 0. The van der Waals surface area contributed by atoms with E-state index in [4.69, 9.17) is 28.4 Å². The molecule has 0 aromatic carbocycles. The summed E-state index contributed by atoms with van der Waals surface area (Å²) in [6, 6.07) is -0.973. The first-order valence-corrected chi connectivity index (χ1v) is 40.9. The molecule has 100 heavy (non-hydrogen) atoms. The predicted molar refractivity (Wildman–Crippen MR) is 397 cm³/mol. The standard InChI is InChI=1S/C81H149NO18/c1-3-5-7-9-11-13-15-17-19-21-23-24-25-26-27-28-29-30-31-32-33-34-35-36-37-38-39-40-41-43-45-47-49-51-53-55-57-59-69(87)82-64(65(86)58-56-54-52-50-48-46-44-42-22-20-18-16-14-12-10-8-6-4-2)63-95-79-75(93)72(90)77(67(61-84)97-79)100-81-76(94)73(91)78(68(62-85)98-81)99-80-74(92)71(89)70(88)66(60-83)96-80/h15,17,21,23,25-26,56,58,64-68,70-81,83-86,88-94H,3-14,16,18-20,22,24,27-55,57,59-63H2,1-2H3,(H,82,87)/b17-15-,23-21-,26-25-,58-56+. The minimum Gasteiger partial charge on any atom is -0.394 e. The first-order chi connectivity index (χ1) is 48.8. The van der Waals surface area contributed by atoms with Gasteiger partial charge in [-0.15, -0.1) is 0 Å². The Morgan fingerprint density at radius 3 is 1.03 bits per heavy atom. The first-order valence-electron chi connectivity index (χ1n) is 40.9. The molecule has 19 heteroatoms. The Labute approximate surface area is 605 Å². The van der Waals surface area contributed by atoms with Gasteiger partial charge in [0.2, 0.25) is 5.91 Å². The molecule has 3 aliphatic heterocycles. The molecule has 0 radical (unpaired) electrons. The highest BCUT2D eigenvalue weighted by molar-refractivity contribution is 5.76. The lowest BCUT2D eigenvalue weighted by Gasteiger charge is -2.48. The Hall–Kier alpha value is -2.25. The Morgan fingerprint density at radius 1 is 0.360 bits per heavy atom. The third-order valence-corrected chi connectivity index (χ3v) is 20.4. The fourth-order valence-corrected chi connectivity index (χ4v) is 13.8. The highest BCUT2D eigenvalue weighted by Gasteiger charge is 2.54. The molecular weight excluding hydrogens is 1270 g/mol. The van der Waals surface area contributed by atoms with Crippen LogP contribution in [0.15, 0.2) is 48.6 Å². The van der Waals surface area contributed by atoms with Crippen LogP contribution in [-0.4, -0.2) is 193 Å². The van der Waals surface area contributed by atoms with E-state index in [1.165, 1.54) is 244 Å². The number of ether oxygens (including phenoxy) is 6. The maximum Gasteiger partial charge on any atom is 0.220 e. The van der Waals surface area contributed by atoms with E-state index in [-0.39, 0.29) is 18.9 Å². The van der Waals surface area contributed by atoms with Crippen molar-refractivity contribution in [2.75, 3.05) is 26.4 Å². The van der Waals surface area contributed by atoms with Gasteiger partial charge in [0, 0.05) is 6.42 Å². The molecule has 586 valence electrons. The lowest BCUT2D eigenvalue weighted by molar-refractivity contribution is -0.379. The highest BCUT2D eigenvalue weighted by atomic mass is 16.8. The molecule has 17 unspecified atom stereocenters. The SMILES string of the molecule is CCCCCCC/C=C\C/C=C\C/C=C\CCCCCCCCCCCCCCCCCCCCCCCCC(=O)NC(COC1OC(CO)C(OC2OC(CO)C(OC3OC(CO)C(O)C(O)C3O)C(O)C2O)C(O)C1O)C(O)/C=C/CCCCCCCCCCCCCCCCCC. The average molecular weight is 1430 g/mol. The second kappa shape index (κ2) is 61.9. The molecule has 12 N–H and O–H groups in total. The minimum atomic E-state index is -1.98. The molecule has 19 nitrogen and oxygen atoms in total. The van der Waals surface area contributed by atoms with Gasteiger partial charge in [0.25, 0.3) is 0 Å². The van der Waals surface area contributed by atoms with Crippen LogP contribution < -0.4 is 5.32 Å². The van der Waals surface area contributed by atoms with Gasteiger partial charge in [-0.05, 0) is 57.8 Å².